The Morgan fingerprint density at radius 2 is 1.80 bits per heavy atom. The summed E-state index contributed by atoms with van der Waals surface area (Å²) in [7, 11) is 4.07. The summed E-state index contributed by atoms with van der Waals surface area (Å²) in [5.74, 6) is 0. The summed E-state index contributed by atoms with van der Waals surface area (Å²) in [5.41, 5.74) is 0.392. The van der Waals surface area contributed by atoms with Crippen molar-refractivity contribution >= 4 is 5.69 Å². The molecule has 15 heavy (non-hydrogen) atoms. The van der Waals surface area contributed by atoms with Crippen LogP contribution >= 0.6 is 0 Å². The first kappa shape index (κ1) is 11.9. The van der Waals surface area contributed by atoms with Crippen LogP contribution < -0.4 is 16.2 Å². The summed E-state index contributed by atoms with van der Waals surface area (Å²) >= 11 is 0. The molecule has 0 aliphatic heterocycles. The van der Waals surface area contributed by atoms with Gasteiger partial charge in [0, 0.05) is 12.1 Å². The van der Waals surface area contributed by atoms with Gasteiger partial charge in [-0.05, 0) is 40.4 Å². The van der Waals surface area contributed by atoms with E-state index >= 15 is 0 Å². The maximum absolute atomic E-state index is 11.1. The van der Waals surface area contributed by atoms with Crippen LogP contribution in [0.25, 0.3) is 0 Å². The van der Waals surface area contributed by atoms with Crippen LogP contribution in [0.5, 0.6) is 0 Å². The third kappa shape index (κ3) is 2.89. The van der Waals surface area contributed by atoms with Crippen LogP contribution in [0.15, 0.2) is 9.59 Å². The topological polar surface area (TPSA) is 49.4 Å². The summed E-state index contributed by atoms with van der Waals surface area (Å²) in [6, 6.07) is 0. The Balaban J connectivity index is 2.22. The van der Waals surface area contributed by atoms with E-state index in [1.807, 2.05) is 14.1 Å². The van der Waals surface area contributed by atoms with Crippen molar-refractivity contribution in [2.45, 2.75) is 19.8 Å². The first-order chi connectivity index (χ1) is 7.04. The van der Waals surface area contributed by atoms with Crippen LogP contribution in [-0.4, -0.2) is 32.1 Å². The quantitative estimate of drug-likeness (QED) is 0.543. The average Bonchev–Trinajstić information content (AvgIpc) is 2.21. The molecule has 1 aromatic carbocycles. The number of unbranched alkanes of at least 4 members (excludes halogenated alkanes) is 1. The molecule has 0 fully saturated rings. The molecule has 0 amide bonds. The van der Waals surface area contributed by atoms with Crippen molar-refractivity contribution in [3.8, 4) is 0 Å². The molecule has 0 atom stereocenters. The number of rotatable bonds is 6. The summed E-state index contributed by atoms with van der Waals surface area (Å²) in [6.45, 7) is 3.50. The molecular weight excluding hydrogens is 192 g/mol. The standard InChI is InChI=1S/C11H18N2O2/c1-8-9(11(15)10(8)14)12-6-4-5-7-13(2)3/h12H,4-7H2,1-3H3. The van der Waals surface area contributed by atoms with Gasteiger partial charge in [0.2, 0.25) is 10.9 Å². The molecule has 1 N–H and O–H groups in total. The smallest absolute Gasteiger partial charge is 0.249 e. The molecule has 0 unspecified atom stereocenters. The number of hydrogen-bond donors (Lipinski definition) is 1. The van der Waals surface area contributed by atoms with Crippen LogP contribution in [-0.2, 0) is 0 Å². The Kier molecular flexibility index (Phi) is 4.03. The van der Waals surface area contributed by atoms with Crippen molar-refractivity contribution in [1.29, 1.82) is 0 Å². The molecule has 1 aromatic rings. The number of nitrogens with one attached hydrogen (secondary N) is 1. The number of anilines is 1. The van der Waals surface area contributed by atoms with E-state index in [2.05, 4.69) is 10.2 Å². The molecule has 4 heteroatoms. The molecule has 0 radical (unpaired) electrons. The van der Waals surface area contributed by atoms with Gasteiger partial charge in [-0.3, -0.25) is 9.59 Å². The van der Waals surface area contributed by atoms with E-state index in [0.717, 1.165) is 25.9 Å². The molecule has 0 spiro atoms. The van der Waals surface area contributed by atoms with Crippen LogP contribution in [0.1, 0.15) is 18.4 Å². The largest absolute Gasteiger partial charge is 0.381 e. The van der Waals surface area contributed by atoms with Gasteiger partial charge in [-0.25, -0.2) is 0 Å². The maximum Gasteiger partial charge on any atom is 0.249 e. The van der Waals surface area contributed by atoms with Gasteiger partial charge < -0.3 is 10.2 Å². The zero-order chi connectivity index (χ0) is 11.4. The van der Waals surface area contributed by atoms with E-state index in [1.54, 1.807) is 6.92 Å². The predicted octanol–water partition coefficient (Wildman–Crippen LogP) is 0.345. The van der Waals surface area contributed by atoms with Gasteiger partial charge in [-0.15, -0.1) is 0 Å². The van der Waals surface area contributed by atoms with Gasteiger partial charge in [0.1, 0.15) is 0 Å². The van der Waals surface area contributed by atoms with Crippen molar-refractivity contribution < 1.29 is 0 Å². The Labute approximate surface area is 89.6 Å². The molecule has 0 aliphatic rings. The van der Waals surface area contributed by atoms with E-state index in [1.165, 1.54) is 0 Å². The van der Waals surface area contributed by atoms with Crippen LogP contribution in [0, 0.1) is 6.92 Å². The molecule has 0 bridgehead atoms. The van der Waals surface area contributed by atoms with E-state index < -0.39 is 0 Å². The van der Waals surface area contributed by atoms with E-state index in [-0.39, 0.29) is 10.9 Å². The van der Waals surface area contributed by atoms with Crippen LogP contribution in [0.2, 0.25) is 0 Å². The van der Waals surface area contributed by atoms with Gasteiger partial charge in [0.05, 0.1) is 5.69 Å². The molecule has 0 aliphatic carbocycles. The van der Waals surface area contributed by atoms with Gasteiger partial charge in [0.25, 0.3) is 0 Å². The van der Waals surface area contributed by atoms with Gasteiger partial charge >= 0.3 is 0 Å². The fourth-order valence-electron chi connectivity index (χ4n) is 1.48. The second-order valence-electron chi connectivity index (χ2n) is 4.10. The molecule has 4 nitrogen and oxygen atoms in total. The highest BCUT2D eigenvalue weighted by molar-refractivity contribution is 5.55. The lowest BCUT2D eigenvalue weighted by Gasteiger charge is -2.11. The minimum Gasteiger partial charge on any atom is -0.381 e. The third-order valence-corrected chi connectivity index (χ3v) is 2.48. The number of nitrogens with zero attached hydrogens (tertiary/aromatic N) is 1. The van der Waals surface area contributed by atoms with E-state index in [0.29, 0.717) is 11.3 Å². The Morgan fingerprint density at radius 3 is 2.33 bits per heavy atom. The van der Waals surface area contributed by atoms with E-state index in [4.69, 9.17) is 0 Å². The summed E-state index contributed by atoms with van der Waals surface area (Å²) in [6.07, 6.45) is 2.10. The Morgan fingerprint density at radius 1 is 1.13 bits per heavy atom. The maximum atomic E-state index is 11.1. The van der Waals surface area contributed by atoms with Gasteiger partial charge in [0.15, 0.2) is 0 Å². The summed E-state index contributed by atoms with van der Waals surface area (Å²) in [4.78, 5) is 24.1. The zero-order valence-corrected chi connectivity index (χ0v) is 9.59. The molecule has 84 valence electrons. The highest BCUT2D eigenvalue weighted by Gasteiger charge is 2.15. The molecule has 0 saturated carbocycles. The second kappa shape index (κ2) is 5.07. The third-order valence-electron chi connectivity index (χ3n) is 2.48. The molecule has 0 aromatic heterocycles. The second-order valence-corrected chi connectivity index (χ2v) is 4.10. The van der Waals surface area contributed by atoms with Crippen molar-refractivity contribution in [3.63, 3.8) is 0 Å². The normalized spacial score (nSPS) is 11.2. The summed E-state index contributed by atoms with van der Waals surface area (Å²) < 4.78 is 0. The molecule has 0 saturated heterocycles. The fourth-order valence-corrected chi connectivity index (χ4v) is 1.48. The van der Waals surface area contributed by atoms with Crippen LogP contribution in [0.4, 0.5) is 5.69 Å². The van der Waals surface area contributed by atoms with Crippen molar-refractivity contribution in [3.05, 3.63) is 26.0 Å². The Hall–Kier alpha value is -1.16. The first-order valence-corrected chi connectivity index (χ1v) is 5.22. The van der Waals surface area contributed by atoms with Crippen molar-refractivity contribution in [2.75, 3.05) is 32.5 Å². The summed E-state index contributed by atoms with van der Waals surface area (Å²) in [5, 5.41) is 3.01. The molecular formula is C11H18N2O2. The highest BCUT2D eigenvalue weighted by Crippen LogP contribution is 2.05. The first-order valence-electron chi connectivity index (χ1n) is 5.22. The monoisotopic (exact) mass is 210 g/mol. The molecule has 0 heterocycles. The lowest BCUT2D eigenvalue weighted by atomic mass is 10.1. The SMILES string of the molecule is Cc1c(NCCCCN(C)C)c(=O)c1=O. The lowest BCUT2D eigenvalue weighted by molar-refractivity contribution is 0.396. The predicted molar refractivity (Wildman–Crippen MR) is 62.4 cm³/mol. The number of hydrogen-bond acceptors (Lipinski definition) is 4. The average molecular weight is 210 g/mol. The fraction of sp³-hybridized carbons (Fsp3) is 0.636. The van der Waals surface area contributed by atoms with Crippen molar-refractivity contribution in [1.82, 2.24) is 4.90 Å². The van der Waals surface area contributed by atoms with Gasteiger partial charge in [-0.2, -0.15) is 0 Å². The Bertz CT molecular complexity index is 389. The minimum absolute atomic E-state index is 0.342. The minimum atomic E-state index is -0.361. The lowest BCUT2D eigenvalue weighted by Crippen LogP contribution is -2.37. The van der Waals surface area contributed by atoms with Crippen LogP contribution in [0.3, 0.4) is 0 Å². The highest BCUT2D eigenvalue weighted by atomic mass is 16.2. The van der Waals surface area contributed by atoms with Crippen molar-refractivity contribution in [2.24, 2.45) is 0 Å². The van der Waals surface area contributed by atoms with Gasteiger partial charge in [-0.1, -0.05) is 0 Å². The van der Waals surface area contributed by atoms with E-state index in [9.17, 15) is 9.59 Å². The zero-order valence-electron chi connectivity index (χ0n) is 9.59. The molecule has 1 rings (SSSR count).